The first-order valence-corrected chi connectivity index (χ1v) is 21.3. The lowest BCUT2D eigenvalue weighted by molar-refractivity contribution is 0.769. The van der Waals surface area contributed by atoms with E-state index in [0.717, 1.165) is 38.9 Å². The third-order valence-electron chi connectivity index (χ3n) is 12.4. The van der Waals surface area contributed by atoms with Crippen molar-refractivity contribution >= 4 is 42.3 Å². The molecule has 0 bridgehead atoms. The molecule has 1 aliphatic rings. The molecule has 0 saturated carbocycles. The van der Waals surface area contributed by atoms with Gasteiger partial charge in [0.05, 0.1) is 16.8 Å². The fourth-order valence-corrected chi connectivity index (χ4v) is 10.9. The predicted octanol–water partition coefficient (Wildman–Crippen LogP) is 15.0. The Kier molecular flexibility index (Phi) is 7.97. The van der Waals surface area contributed by atoms with Crippen molar-refractivity contribution in [3.8, 4) is 56.2 Å². The van der Waals surface area contributed by atoms with Gasteiger partial charge in [-0.1, -0.05) is 188 Å². The number of fused-ring (bicyclic) bond motifs is 7. The van der Waals surface area contributed by atoms with E-state index in [1.807, 2.05) is 11.3 Å². The summed E-state index contributed by atoms with van der Waals surface area (Å²) in [5.41, 5.74) is 14.5. The second-order valence-corrected chi connectivity index (χ2v) is 16.7. The van der Waals surface area contributed by atoms with Crippen LogP contribution in [-0.2, 0) is 5.41 Å². The molecule has 11 aromatic rings. The van der Waals surface area contributed by atoms with Gasteiger partial charge in [-0.3, -0.25) is 0 Å². The van der Waals surface area contributed by atoms with E-state index in [2.05, 4.69) is 218 Å². The highest BCUT2D eigenvalue weighted by Crippen LogP contribution is 2.57. The molecule has 0 N–H and O–H groups in total. The van der Waals surface area contributed by atoms with Crippen LogP contribution in [0.4, 0.5) is 0 Å². The Hall–Kier alpha value is -7.46. The summed E-state index contributed by atoms with van der Waals surface area (Å²) >= 11 is 1.83. The molecular weight excluding hydrogens is 745 g/mol. The summed E-state index contributed by atoms with van der Waals surface area (Å²) in [5.74, 6) is 0.710. The van der Waals surface area contributed by atoms with Crippen LogP contribution < -0.4 is 0 Å². The maximum absolute atomic E-state index is 5.36. The molecule has 0 amide bonds. The van der Waals surface area contributed by atoms with E-state index in [0.29, 0.717) is 5.82 Å². The lowest BCUT2D eigenvalue weighted by Gasteiger charge is -2.34. The lowest BCUT2D eigenvalue weighted by Crippen LogP contribution is -2.28. The first kappa shape index (κ1) is 34.6. The van der Waals surface area contributed by atoms with Gasteiger partial charge in [-0.2, -0.15) is 0 Å². The molecule has 60 heavy (non-hydrogen) atoms. The minimum absolute atomic E-state index is 0.471. The van der Waals surface area contributed by atoms with Gasteiger partial charge in [-0.05, 0) is 85.6 Å². The van der Waals surface area contributed by atoms with Crippen molar-refractivity contribution in [3.63, 3.8) is 0 Å². The molecule has 280 valence electrons. The number of aromatic nitrogens is 2. The monoisotopic (exact) mass is 780 g/mol. The Morgan fingerprint density at radius 1 is 0.317 bits per heavy atom. The second-order valence-electron chi connectivity index (χ2n) is 15.6. The highest BCUT2D eigenvalue weighted by Gasteiger charge is 2.46. The molecule has 0 spiro atoms. The van der Waals surface area contributed by atoms with Crippen molar-refractivity contribution in [2.24, 2.45) is 0 Å². The Labute approximate surface area is 352 Å². The molecule has 1 aliphatic carbocycles. The van der Waals surface area contributed by atoms with E-state index in [9.17, 15) is 0 Å². The number of hydrogen-bond acceptors (Lipinski definition) is 3. The minimum atomic E-state index is -0.471. The van der Waals surface area contributed by atoms with E-state index in [1.54, 1.807) is 0 Å². The fourth-order valence-electron chi connectivity index (χ4n) is 9.72. The van der Waals surface area contributed by atoms with Crippen molar-refractivity contribution in [2.75, 3.05) is 0 Å². The molecule has 0 fully saturated rings. The minimum Gasteiger partial charge on any atom is -0.228 e. The zero-order valence-electron chi connectivity index (χ0n) is 32.6. The number of hydrogen-bond donors (Lipinski definition) is 0. The standard InChI is InChI=1S/C57H36N2S/c1-4-16-37(17-5-1)52-36-53(39-29-31-48-47-25-13-15-27-54(47)60-55(48)35-39)59-56(58-52)49-33-32-42(43-22-10-11-23-44(43)49)38-28-30-46-45-24-12-14-26-50(45)57(51(46)34-38,40-18-6-2-7-19-40)41-20-8-3-9-21-41/h1-36H. The number of rotatable bonds is 6. The highest BCUT2D eigenvalue weighted by atomic mass is 32.1. The van der Waals surface area contributed by atoms with Crippen LogP contribution in [0.2, 0.25) is 0 Å². The predicted molar refractivity (Wildman–Crippen MR) is 251 cm³/mol. The summed E-state index contributed by atoms with van der Waals surface area (Å²) < 4.78 is 2.55. The third-order valence-corrected chi connectivity index (χ3v) is 13.5. The number of thiophene rings is 1. The Morgan fingerprint density at radius 2 is 0.850 bits per heavy atom. The maximum Gasteiger partial charge on any atom is 0.161 e. The zero-order chi connectivity index (χ0) is 39.6. The normalized spacial score (nSPS) is 12.8. The molecule has 2 heterocycles. The van der Waals surface area contributed by atoms with Crippen molar-refractivity contribution in [1.82, 2.24) is 9.97 Å². The van der Waals surface area contributed by atoms with Crippen LogP contribution in [0.25, 0.3) is 87.1 Å². The average Bonchev–Trinajstić information content (AvgIpc) is 3.85. The summed E-state index contributed by atoms with van der Waals surface area (Å²) in [7, 11) is 0. The first-order valence-electron chi connectivity index (χ1n) is 20.5. The van der Waals surface area contributed by atoms with Crippen LogP contribution in [0.5, 0.6) is 0 Å². The molecule has 0 saturated heterocycles. The number of nitrogens with zero attached hydrogens (tertiary/aromatic N) is 2. The van der Waals surface area contributed by atoms with Gasteiger partial charge < -0.3 is 0 Å². The smallest absolute Gasteiger partial charge is 0.161 e. The molecule has 0 aliphatic heterocycles. The van der Waals surface area contributed by atoms with Crippen molar-refractivity contribution in [2.45, 2.75) is 5.41 Å². The summed E-state index contributed by atoms with van der Waals surface area (Å²) in [4.78, 5) is 10.7. The summed E-state index contributed by atoms with van der Waals surface area (Å²) in [5, 5.41) is 4.85. The molecule has 0 unspecified atom stereocenters. The van der Waals surface area contributed by atoms with E-state index in [4.69, 9.17) is 9.97 Å². The third kappa shape index (κ3) is 5.33. The van der Waals surface area contributed by atoms with Gasteiger partial charge in [0, 0.05) is 36.9 Å². The van der Waals surface area contributed by atoms with Crippen LogP contribution in [-0.4, -0.2) is 9.97 Å². The summed E-state index contributed by atoms with van der Waals surface area (Å²) in [6, 6.07) is 79.3. The molecule has 12 rings (SSSR count). The van der Waals surface area contributed by atoms with E-state index in [-0.39, 0.29) is 0 Å². The van der Waals surface area contributed by atoms with Crippen LogP contribution in [0.1, 0.15) is 22.3 Å². The molecule has 0 atom stereocenters. The Morgan fingerprint density at radius 3 is 1.60 bits per heavy atom. The van der Waals surface area contributed by atoms with Gasteiger partial charge in [0.25, 0.3) is 0 Å². The van der Waals surface area contributed by atoms with Gasteiger partial charge >= 0.3 is 0 Å². The fraction of sp³-hybridized carbons (Fsp3) is 0.0175. The largest absolute Gasteiger partial charge is 0.228 e. The Balaban J connectivity index is 1.04. The number of benzene rings is 9. The van der Waals surface area contributed by atoms with Crippen LogP contribution in [0.15, 0.2) is 218 Å². The quantitative estimate of drug-likeness (QED) is 0.168. The molecule has 0 radical (unpaired) electrons. The van der Waals surface area contributed by atoms with Gasteiger partial charge in [0.1, 0.15) is 0 Å². The van der Waals surface area contributed by atoms with Crippen LogP contribution in [0, 0.1) is 0 Å². The van der Waals surface area contributed by atoms with E-state index >= 15 is 0 Å². The van der Waals surface area contributed by atoms with Gasteiger partial charge in [0.2, 0.25) is 0 Å². The van der Waals surface area contributed by atoms with Gasteiger partial charge in [0.15, 0.2) is 5.82 Å². The highest BCUT2D eigenvalue weighted by molar-refractivity contribution is 7.25. The zero-order valence-corrected chi connectivity index (χ0v) is 33.4. The summed E-state index contributed by atoms with van der Waals surface area (Å²) in [6.45, 7) is 0. The van der Waals surface area contributed by atoms with Crippen LogP contribution >= 0.6 is 11.3 Å². The molecule has 2 aromatic heterocycles. The lowest BCUT2D eigenvalue weighted by atomic mass is 9.67. The van der Waals surface area contributed by atoms with Crippen molar-refractivity contribution in [1.29, 1.82) is 0 Å². The summed E-state index contributed by atoms with van der Waals surface area (Å²) in [6.07, 6.45) is 0. The van der Waals surface area contributed by atoms with E-state index < -0.39 is 5.41 Å². The van der Waals surface area contributed by atoms with Crippen LogP contribution in [0.3, 0.4) is 0 Å². The van der Waals surface area contributed by atoms with Gasteiger partial charge in [-0.15, -0.1) is 11.3 Å². The SMILES string of the molecule is c1ccc(-c2cc(-c3ccc4c(c3)sc3ccccc34)nc(-c3ccc(-c4ccc5c(c4)C(c4ccccc4)(c4ccccc4)c4ccccc4-5)c4ccccc34)n2)cc1. The van der Waals surface area contributed by atoms with Gasteiger partial charge in [-0.25, -0.2) is 9.97 Å². The molecule has 2 nitrogen and oxygen atoms in total. The second kappa shape index (κ2) is 13.8. The van der Waals surface area contributed by atoms with Crippen molar-refractivity contribution < 1.29 is 0 Å². The first-order chi connectivity index (χ1) is 29.7. The van der Waals surface area contributed by atoms with Crippen molar-refractivity contribution in [3.05, 3.63) is 241 Å². The van der Waals surface area contributed by atoms with E-state index in [1.165, 1.54) is 64.7 Å². The molecular formula is C57H36N2S. The molecule has 9 aromatic carbocycles. The topological polar surface area (TPSA) is 25.8 Å². The molecule has 3 heteroatoms. The average molecular weight is 781 g/mol. The Bertz CT molecular complexity index is 3380. The maximum atomic E-state index is 5.36.